The van der Waals surface area contributed by atoms with Crippen LogP contribution in [0.3, 0.4) is 0 Å². The SMILES string of the molecule is C=C(O/C=C\N)SCCC. The van der Waals surface area contributed by atoms with E-state index in [2.05, 4.69) is 13.5 Å². The van der Waals surface area contributed by atoms with Crippen molar-refractivity contribution in [3.63, 3.8) is 0 Å². The van der Waals surface area contributed by atoms with Gasteiger partial charge in [-0.1, -0.05) is 18.7 Å². The van der Waals surface area contributed by atoms with Crippen molar-refractivity contribution in [3.05, 3.63) is 24.1 Å². The minimum Gasteiger partial charge on any atom is -0.457 e. The standard InChI is InChI=1S/C7H13NOS/c1-3-6-10-7(2)9-5-4-8/h4-5H,2-3,6,8H2,1H3/b5-4-. The minimum atomic E-state index is 0.698. The second kappa shape index (κ2) is 6.55. The molecule has 0 unspecified atom stereocenters. The van der Waals surface area contributed by atoms with Crippen LogP contribution in [0.15, 0.2) is 24.1 Å². The molecule has 0 rings (SSSR count). The van der Waals surface area contributed by atoms with Crippen LogP contribution in [0.4, 0.5) is 0 Å². The Morgan fingerprint density at radius 3 is 3.00 bits per heavy atom. The van der Waals surface area contributed by atoms with E-state index in [9.17, 15) is 0 Å². The van der Waals surface area contributed by atoms with E-state index in [0.717, 1.165) is 12.2 Å². The van der Waals surface area contributed by atoms with Crippen LogP contribution >= 0.6 is 11.8 Å². The Kier molecular flexibility index (Phi) is 6.18. The molecule has 0 heterocycles. The van der Waals surface area contributed by atoms with Gasteiger partial charge in [0.1, 0.15) is 6.26 Å². The van der Waals surface area contributed by atoms with Crippen LogP contribution in [0.2, 0.25) is 0 Å². The number of hydrogen-bond donors (Lipinski definition) is 1. The molecule has 0 atom stereocenters. The highest BCUT2D eigenvalue weighted by Gasteiger charge is 1.90. The van der Waals surface area contributed by atoms with Crippen molar-refractivity contribution in [1.29, 1.82) is 0 Å². The summed E-state index contributed by atoms with van der Waals surface area (Å²) in [7, 11) is 0. The molecule has 3 heteroatoms. The van der Waals surface area contributed by atoms with Gasteiger partial charge in [-0.05, 0) is 13.0 Å². The van der Waals surface area contributed by atoms with Crippen molar-refractivity contribution in [1.82, 2.24) is 0 Å². The molecule has 0 saturated heterocycles. The van der Waals surface area contributed by atoms with Gasteiger partial charge < -0.3 is 10.5 Å². The van der Waals surface area contributed by atoms with Crippen molar-refractivity contribution in [2.75, 3.05) is 5.75 Å². The van der Waals surface area contributed by atoms with Crippen molar-refractivity contribution in [2.24, 2.45) is 5.73 Å². The molecule has 0 radical (unpaired) electrons. The van der Waals surface area contributed by atoms with Crippen molar-refractivity contribution in [3.8, 4) is 0 Å². The lowest BCUT2D eigenvalue weighted by Gasteiger charge is -2.00. The Morgan fingerprint density at radius 2 is 2.50 bits per heavy atom. The summed E-state index contributed by atoms with van der Waals surface area (Å²) in [5, 5.41) is 0.698. The van der Waals surface area contributed by atoms with Crippen LogP contribution in [-0.2, 0) is 4.74 Å². The first-order valence-corrected chi connectivity index (χ1v) is 4.15. The molecule has 2 nitrogen and oxygen atoms in total. The van der Waals surface area contributed by atoms with E-state index in [4.69, 9.17) is 10.5 Å². The zero-order valence-electron chi connectivity index (χ0n) is 6.17. The Labute approximate surface area is 66.1 Å². The fourth-order valence-corrected chi connectivity index (χ4v) is 0.920. The van der Waals surface area contributed by atoms with Gasteiger partial charge in [-0.25, -0.2) is 0 Å². The van der Waals surface area contributed by atoms with E-state index in [0.29, 0.717) is 5.09 Å². The molecule has 58 valence electrons. The zero-order chi connectivity index (χ0) is 7.82. The lowest BCUT2D eigenvalue weighted by molar-refractivity contribution is 0.389. The van der Waals surface area contributed by atoms with Crippen molar-refractivity contribution in [2.45, 2.75) is 13.3 Å². The first-order chi connectivity index (χ1) is 4.81. The van der Waals surface area contributed by atoms with Gasteiger partial charge in [0.25, 0.3) is 0 Å². The predicted octanol–water partition coefficient (Wildman–Crippen LogP) is 2.05. The molecule has 0 aliphatic heterocycles. The summed E-state index contributed by atoms with van der Waals surface area (Å²) < 4.78 is 4.96. The fraction of sp³-hybridized carbons (Fsp3) is 0.429. The number of ether oxygens (including phenoxy) is 1. The zero-order valence-corrected chi connectivity index (χ0v) is 6.99. The van der Waals surface area contributed by atoms with Gasteiger partial charge in [-0.3, -0.25) is 0 Å². The average molecular weight is 159 g/mol. The van der Waals surface area contributed by atoms with E-state index in [1.54, 1.807) is 11.8 Å². The normalized spacial score (nSPS) is 10.1. The smallest absolute Gasteiger partial charge is 0.152 e. The predicted molar refractivity (Wildman–Crippen MR) is 46.3 cm³/mol. The minimum absolute atomic E-state index is 0.698. The average Bonchev–Trinajstić information content (AvgIpc) is 1.97. The first-order valence-electron chi connectivity index (χ1n) is 3.16. The molecule has 0 fully saturated rings. The first kappa shape index (κ1) is 9.43. The highest BCUT2D eigenvalue weighted by atomic mass is 32.2. The van der Waals surface area contributed by atoms with Crippen molar-refractivity contribution >= 4 is 11.8 Å². The second-order valence-electron chi connectivity index (χ2n) is 1.67. The van der Waals surface area contributed by atoms with Gasteiger partial charge in [-0.2, -0.15) is 0 Å². The van der Waals surface area contributed by atoms with E-state index >= 15 is 0 Å². The highest BCUT2D eigenvalue weighted by molar-refractivity contribution is 8.02. The third-order valence-electron chi connectivity index (χ3n) is 0.745. The summed E-state index contributed by atoms with van der Waals surface area (Å²) in [5.74, 6) is 1.04. The summed E-state index contributed by atoms with van der Waals surface area (Å²) in [6.45, 7) is 5.77. The Morgan fingerprint density at radius 1 is 1.80 bits per heavy atom. The molecule has 10 heavy (non-hydrogen) atoms. The van der Waals surface area contributed by atoms with Gasteiger partial charge in [0, 0.05) is 12.0 Å². The lowest BCUT2D eigenvalue weighted by atomic mass is 10.6. The van der Waals surface area contributed by atoms with Crippen LogP contribution < -0.4 is 5.73 Å². The van der Waals surface area contributed by atoms with Crippen LogP contribution in [0, 0.1) is 0 Å². The summed E-state index contributed by atoms with van der Waals surface area (Å²) in [6.07, 6.45) is 3.89. The topological polar surface area (TPSA) is 35.2 Å². The largest absolute Gasteiger partial charge is 0.457 e. The van der Waals surface area contributed by atoms with Gasteiger partial charge in [0.2, 0.25) is 0 Å². The summed E-state index contributed by atoms with van der Waals surface area (Å²) in [5.41, 5.74) is 5.05. The van der Waals surface area contributed by atoms with E-state index in [1.807, 2.05) is 0 Å². The molecular weight excluding hydrogens is 146 g/mol. The van der Waals surface area contributed by atoms with Gasteiger partial charge >= 0.3 is 0 Å². The summed E-state index contributed by atoms with van der Waals surface area (Å²) in [4.78, 5) is 0. The molecular formula is C7H13NOS. The van der Waals surface area contributed by atoms with Gasteiger partial charge in [0.15, 0.2) is 5.09 Å². The van der Waals surface area contributed by atoms with Crippen LogP contribution in [-0.4, -0.2) is 5.75 Å². The maximum Gasteiger partial charge on any atom is 0.152 e. The monoisotopic (exact) mass is 159 g/mol. The maximum absolute atomic E-state index is 5.05. The third kappa shape index (κ3) is 5.56. The highest BCUT2D eigenvalue weighted by Crippen LogP contribution is 2.15. The molecule has 0 aromatic rings. The van der Waals surface area contributed by atoms with Crippen LogP contribution in [0.5, 0.6) is 0 Å². The third-order valence-corrected chi connectivity index (χ3v) is 1.78. The van der Waals surface area contributed by atoms with E-state index in [-0.39, 0.29) is 0 Å². The van der Waals surface area contributed by atoms with E-state index in [1.165, 1.54) is 12.5 Å². The molecule has 0 aromatic heterocycles. The van der Waals surface area contributed by atoms with Gasteiger partial charge in [0.05, 0.1) is 0 Å². The van der Waals surface area contributed by atoms with Gasteiger partial charge in [-0.15, -0.1) is 0 Å². The van der Waals surface area contributed by atoms with E-state index < -0.39 is 0 Å². The number of thioether (sulfide) groups is 1. The summed E-state index contributed by atoms with van der Waals surface area (Å²) in [6, 6.07) is 0. The Balaban J connectivity index is 3.25. The maximum atomic E-state index is 5.05. The molecule has 0 amide bonds. The fourth-order valence-electron chi connectivity index (χ4n) is 0.365. The number of rotatable bonds is 5. The molecule has 0 saturated carbocycles. The number of nitrogens with two attached hydrogens (primary N) is 1. The van der Waals surface area contributed by atoms with Crippen LogP contribution in [0.25, 0.3) is 0 Å². The molecule has 0 aliphatic carbocycles. The quantitative estimate of drug-likeness (QED) is 0.623. The molecule has 0 aliphatic rings. The van der Waals surface area contributed by atoms with Crippen molar-refractivity contribution < 1.29 is 4.74 Å². The molecule has 0 aromatic carbocycles. The Bertz CT molecular complexity index is 123. The van der Waals surface area contributed by atoms with Crippen LogP contribution in [0.1, 0.15) is 13.3 Å². The lowest BCUT2D eigenvalue weighted by Crippen LogP contribution is -1.82. The summed E-state index contributed by atoms with van der Waals surface area (Å²) >= 11 is 1.59. The Hall–Kier alpha value is -0.570. The second-order valence-corrected chi connectivity index (χ2v) is 2.82. The molecule has 0 spiro atoms. The molecule has 2 N–H and O–H groups in total. The molecule has 0 bridgehead atoms. The number of hydrogen-bond acceptors (Lipinski definition) is 3.